The van der Waals surface area contributed by atoms with Crippen LogP contribution in [0.2, 0.25) is 0 Å². The van der Waals surface area contributed by atoms with Crippen molar-refractivity contribution >= 4 is 5.96 Å². The highest BCUT2D eigenvalue weighted by Gasteiger charge is 1.99. The average molecular weight is 299 g/mol. The number of benzene rings is 1. The van der Waals surface area contributed by atoms with Gasteiger partial charge in [0.15, 0.2) is 5.96 Å². The molecule has 0 aliphatic heterocycles. The molecule has 0 fully saturated rings. The van der Waals surface area contributed by atoms with Gasteiger partial charge in [0.05, 0.1) is 6.20 Å². The molecule has 0 bridgehead atoms. The maximum absolute atomic E-state index is 4.25. The monoisotopic (exact) mass is 299 g/mol. The van der Waals surface area contributed by atoms with Gasteiger partial charge in [0, 0.05) is 33.4 Å². The molecule has 1 aromatic heterocycles. The molecule has 0 aliphatic carbocycles. The van der Waals surface area contributed by atoms with E-state index in [1.807, 2.05) is 24.0 Å². The van der Waals surface area contributed by atoms with Crippen LogP contribution >= 0.6 is 0 Å². The number of aromatic nitrogens is 2. The van der Waals surface area contributed by atoms with Gasteiger partial charge in [0.25, 0.3) is 0 Å². The fourth-order valence-corrected chi connectivity index (χ4v) is 2.29. The molecule has 0 aliphatic rings. The van der Waals surface area contributed by atoms with Gasteiger partial charge in [0.1, 0.15) is 0 Å². The van der Waals surface area contributed by atoms with Crippen molar-refractivity contribution in [2.45, 2.75) is 19.3 Å². The zero-order valence-corrected chi connectivity index (χ0v) is 13.4. The molecule has 2 N–H and O–H groups in total. The second-order valence-corrected chi connectivity index (χ2v) is 5.29. The van der Waals surface area contributed by atoms with Gasteiger partial charge >= 0.3 is 0 Å². The molecule has 5 nitrogen and oxygen atoms in total. The lowest BCUT2D eigenvalue weighted by Crippen LogP contribution is -2.38. The average Bonchev–Trinajstić information content (AvgIpc) is 2.96. The van der Waals surface area contributed by atoms with Crippen LogP contribution in [0.5, 0.6) is 0 Å². The summed E-state index contributed by atoms with van der Waals surface area (Å²) in [7, 11) is 3.75. The van der Waals surface area contributed by atoms with Crippen molar-refractivity contribution in [2.75, 3.05) is 20.1 Å². The van der Waals surface area contributed by atoms with E-state index in [0.717, 1.165) is 38.3 Å². The topological polar surface area (TPSA) is 54.2 Å². The summed E-state index contributed by atoms with van der Waals surface area (Å²) < 4.78 is 1.84. The summed E-state index contributed by atoms with van der Waals surface area (Å²) in [6.45, 7) is 1.78. The SMILES string of the molecule is CN=C(NCCCc1cnn(C)c1)NCCc1ccccc1. The van der Waals surface area contributed by atoms with E-state index in [2.05, 4.69) is 51.2 Å². The summed E-state index contributed by atoms with van der Waals surface area (Å²) in [5, 5.41) is 10.9. The molecule has 2 rings (SSSR count). The molecule has 1 aromatic carbocycles. The van der Waals surface area contributed by atoms with E-state index in [1.54, 1.807) is 7.05 Å². The van der Waals surface area contributed by atoms with Crippen molar-refractivity contribution in [3.63, 3.8) is 0 Å². The molecule has 5 heteroatoms. The number of aryl methyl sites for hydroxylation is 2. The molecule has 1 heterocycles. The second-order valence-electron chi connectivity index (χ2n) is 5.29. The summed E-state index contributed by atoms with van der Waals surface area (Å²) in [6, 6.07) is 10.5. The third-order valence-electron chi connectivity index (χ3n) is 3.47. The Labute approximate surface area is 132 Å². The van der Waals surface area contributed by atoms with Crippen molar-refractivity contribution in [3.8, 4) is 0 Å². The maximum atomic E-state index is 4.25. The van der Waals surface area contributed by atoms with Gasteiger partial charge < -0.3 is 10.6 Å². The standard InChI is InChI=1S/C17H25N5/c1-18-17(20-12-10-15-7-4-3-5-8-15)19-11-6-9-16-13-21-22(2)14-16/h3-5,7-8,13-14H,6,9-12H2,1-2H3,(H2,18,19,20). The number of rotatable bonds is 7. The lowest BCUT2D eigenvalue weighted by molar-refractivity contribution is 0.736. The Balaban J connectivity index is 1.61. The molecule has 0 saturated carbocycles. The number of hydrogen-bond donors (Lipinski definition) is 2. The van der Waals surface area contributed by atoms with Gasteiger partial charge in [-0.15, -0.1) is 0 Å². The van der Waals surface area contributed by atoms with Crippen LogP contribution < -0.4 is 10.6 Å². The van der Waals surface area contributed by atoms with Gasteiger partial charge in [0.2, 0.25) is 0 Å². The number of aliphatic imine (C=N–C) groups is 1. The zero-order valence-electron chi connectivity index (χ0n) is 13.4. The highest BCUT2D eigenvalue weighted by atomic mass is 15.2. The van der Waals surface area contributed by atoms with E-state index in [4.69, 9.17) is 0 Å². The van der Waals surface area contributed by atoms with E-state index < -0.39 is 0 Å². The highest BCUT2D eigenvalue weighted by Crippen LogP contribution is 2.00. The molecule has 0 spiro atoms. The Morgan fingerprint density at radius 2 is 1.86 bits per heavy atom. The van der Waals surface area contributed by atoms with Gasteiger partial charge in [-0.25, -0.2) is 0 Å². The fraction of sp³-hybridized carbons (Fsp3) is 0.412. The fourth-order valence-electron chi connectivity index (χ4n) is 2.29. The van der Waals surface area contributed by atoms with Crippen LogP contribution in [0.3, 0.4) is 0 Å². The molecule has 2 aromatic rings. The quantitative estimate of drug-likeness (QED) is 0.465. The molecule has 0 amide bonds. The Bertz CT molecular complexity index is 574. The molecule has 22 heavy (non-hydrogen) atoms. The second kappa shape index (κ2) is 8.87. The molecular formula is C17H25N5. The van der Waals surface area contributed by atoms with Crippen molar-refractivity contribution in [3.05, 3.63) is 53.9 Å². The maximum Gasteiger partial charge on any atom is 0.190 e. The summed E-state index contributed by atoms with van der Waals surface area (Å²) in [5.74, 6) is 0.863. The molecular weight excluding hydrogens is 274 g/mol. The zero-order chi connectivity index (χ0) is 15.6. The van der Waals surface area contributed by atoms with Gasteiger partial charge in [-0.2, -0.15) is 5.10 Å². The molecule has 0 saturated heterocycles. The minimum Gasteiger partial charge on any atom is -0.356 e. The van der Waals surface area contributed by atoms with E-state index in [0.29, 0.717) is 0 Å². The molecule has 0 radical (unpaired) electrons. The first-order chi connectivity index (χ1) is 10.8. The Morgan fingerprint density at radius 3 is 2.55 bits per heavy atom. The van der Waals surface area contributed by atoms with Crippen molar-refractivity contribution in [1.82, 2.24) is 20.4 Å². The van der Waals surface area contributed by atoms with Crippen LogP contribution in [-0.2, 0) is 19.9 Å². The Morgan fingerprint density at radius 1 is 1.09 bits per heavy atom. The van der Waals surface area contributed by atoms with Gasteiger partial charge in [-0.3, -0.25) is 9.67 Å². The van der Waals surface area contributed by atoms with Crippen molar-refractivity contribution < 1.29 is 0 Å². The van der Waals surface area contributed by atoms with Crippen molar-refractivity contribution in [2.24, 2.45) is 12.0 Å². The van der Waals surface area contributed by atoms with E-state index in [9.17, 15) is 0 Å². The third kappa shape index (κ3) is 5.60. The first-order valence-corrected chi connectivity index (χ1v) is 7.74. The summed E-state index contributed by atoms with van der Waals surface area (Å²) in [6.07, 6.45) is 7.07. The number of guanidine groups is 1. The number of hydrogen-bond acceptors (Lipinski definition) is 2. The van der Waals surface area contributed by atoms with Crippen LogP contribution in [0.1, 0.15) is 17.5 Å². The number of nitrogens with one attached hydrogen (secondary N) is 2. The lowest BCUT2D eigenvalue weighted by Gasteiger charge is -2.11. The van der Waals surface area contributed by atoms with Crippen LogP contribution in [0.15, 0.2) is 47.7 Å². The minimum atomic E-state index is 0.863. The van der Waals surface area contributed by atoms with Gasteiger partial charge in [-0.1, -0.05) is 30.3 Å². The number of nitrogens with zero attached hydrogens (tertiary/aromatic N) is 3. The third-order valence-corrected chi connectivity index (χ3v) is 3.47. The largest absolute Gasteiger partial charge is 0.356 e. The van der Waals surface area contributed by atoms with Crippen LogP contribution in [0.4, 0.5) is 0 Å². The predicted octanol–water partition coefficient (Wildman–Crippen LogP) is 1.76. The Kier molecular flexibility index (Phi) is 6.48. The summed E-state index contributed by atoms with van der Waals surface area (Å²) in [5.41, 5.74) is 2.61. The first kappa shape index (κ1) is 16.1. The van der Waals surface area contributed by atoms with Crippen LogP contribution in [-0.4, -0.2) is 35.9 Å². The highest BCUT2D eigenvalue weighted by molar-refractivity contribution is 5.79. The normalized spacial score (nSPS) is 11.5. The van der Waals surface area contributed by atoms with E-state index >= 15 is 0 Å². The summed E-state index contributed by atoms with van der Waals surface area (Å²) >= 11 is 0. The van der Waals surface area contributed by atoms with Crippen LogP contribution in [0.25, 0.3) is 0 Å². The van der Waals surface area contributed by atoms with Crippen LogP contribution in [0, 0.1) is 0 Å². The minimum absolute atomic E-state index is 0.863. The van der Waals surface area contributed by atoms with Crippen molar-refractivity contribution in [1.29, 1.82) is 0 Å². The lowest BCUT2D eigenvalue weighted by atomic mass is 10.1. The first-order valence-electron chi connectivity index (χ1n) is 7.74. The van der Waals surface area contributed by atoms with Gasteiger partial charge in [-0.05, 0) is 30.4 Å². The van der Waals surface area contributed by atoms with E-state index in [-0.39, 0.29) is 0 Å². The predicted molar refractivity (Wildman–Crippen MR) is 91.0 cm³/mol. The Hall–Kier alpha value is -2.30. The molecule has 0 atom stereocenters. The summed E-state index contributed by atoms with van der Waals surface area (Å²) in [4.78, 5) is 4.25. The van der Waals surface area contributed by atoms with E-state index in [1.165, 1.54) is 11.1 Å². The molecule has 118 valence electrons. The molecule has 0 unspecified atom stereocenters. The smallest absolute Gasteiger partial charge is 0.190 e.